The zero-order valence-corrected chi connectivity index (χ0v) is 15.5. The second-order valence-electron chi connectivity index (χ2n) is 5.98. The fourth-order valence-electron chi connectivity index (χ4n) is 2.95. The van der Waals surface area contributed by atoms with Gasteiger partial charge in [0.25, 0.3) is 5.91 Å². The van der Waals surface area contributed by atoms with Crippen molar-refractivity contribution >= 4 is 11.9 Å². The number of esters is 1. The molecule has 1 aliphatic rings. The van der Waals surface area contributed by atoms with Crippen molar-refractivity contribution in [3.05, 3.63) is 41.2 Å². The van der Waals surface area contributed by atoms with Crippen molar-refractivity contribution in [2.45, 2.75) is 26.8 Å². The second-order valence-corrected chi connectivity index (χ2v) is 5.98. The molecule has 8 nitrogen and oxygen atoms in total. The standard InChI is InChI=1S/C19H23N3O5/c1-3-25-15-7-5-6-8-16(15)27-12-17(23)22-10-9-14-13(11-22)18(21-20-14)19(24)26-4-2/h5-8H,3-4,9-12H2,1-2H3,(H,20,21). The number of aromatic nitrogens is 2. The molecule has 3 rings (SSSR count). The molecule has 2 aromatic rings. The van der Waals surface area contributed by atoms with E-state index in [2.05, 4.69) is 10.2 Å². The van der Waals surface area contributed by atoms with Crippen LogP contribution in [0, 0.1) is 0 Å². The highest BCUT2D eigenvalue weighted by Gasteiger charge is 2.28. The van der Waals surface area contributed by atoms with Crippen molar-refractivity contribution in [2.75, 3.05) is 26.4 Å². The number of H-pyrrole nitrogens is 1. The predicted octanol–water partition coefficient (Wildman–Crippen LogP) is 1.95. The van der Waals surface area contributed by atoms with Gasteiger partial charge in [0.05, 0.1) is 19.8 Å². The molecule has 27 heavy (non-hydrogen) atoms. The van der Waals surface area contributed by atoms with E-state index >= 15 is 0 Å². The van der Waals surface area contributed by atoms with Crippen molar-refractivity contribution in [1.29, 1.82) is 0 Å². The number of carbonyl (C=O) groups is 2. The van der Waals surface area contributed by atoms with Gasteiger partial charge >= 0.3 is 5.97 Å². The van der Waals surface area contributed by atoms with E-state index in [9.17, 15) is 9.59 Å². The highest BCUT2D eigenvalue weighted by Crippen LogP contribution is 2.27. The smallest absolute Gasteiger partial charge is 0.359 e. The first kappa shape index (κ1) is 18.8. The molecule has 0 spiro atoms. The Morgan fingerprint density at radius 1 is 1.15 bits per heavy atom. The molecule has 8 heteroatoms. The van der Waals surface area contributed by atoms with E-state index in [1.807, 2.05) is 19.1 Å². The van der Waals surface area contributed by atoms with Gasteiger partial charge in [0.2, 0.25) is 0 Å². The number of ether oxygens (including phenoxy) is 3. The van der Waals surface area contributed by atoms with Crippen molar-refractivity contribution in [3.63, 3.8) is 0 Å². The van der Waals surface area contributed by atoms with Crippen molar-refractivity contribution in [3.8, 4) is 11.5 Å². The summed E-state index contributed by atoms with van der Waals surface area (Å²) >= 11 is 0. The Morgan fingerprint density at radius 2 is 1.89 bits per heavy atom. The summed E-state index contributed by atoms with van der Waals surface area (Å²) in [6.45, 7) is 5.15. The number of rotatable bonds is 7. The fourth-order valence-corrected chi connectivity index (χ4v) is 2.95. The number of fused-ring (bicyclic) bond motifs is 1. The van der Waals surface area contributed by atoms with Gasteiger partial charge in [-0.2, -0.15) is 5.10 Å². The summed E-state index contributed by atoms with van der Waals surface area (Å²) in [5.74, 6) is 0.489. The Bertz CT molecular complexity index is 817. The molecule has 144 valence electrons. The third kappa shape index (κ3) is 4.21. The maximum atomic E-state index is 12.6. The number of nitrogens with one attached hydrogen (secondary N) is 1. The number of hydrogen-bond donors (Lipinski definition) is 1. The summed E-state index contributed by atoms with van der Waals surface area (Å²) in [5, 5.41) is 6.92. The Morgan fingerprint density at radius 3 is 2.59 bits per heavy atom. The molecule has 0 radical (unpaired) electrons. The molecule has 0 fully saturated rings. The maximum Gasteiger partial charge on any atom is 0.359 e. The van der Waals surface area contributed by atoms with E-state index < -0.39 is 5.97 Å². The molecule has 0 aliphatic carbocycles. The second kappa shape index (κ2) is 8.57. The van der Waals surface area contributed by atoms with E-state index in [0.29, 0.717) is 43.2 Å². The summed E-state index contributed by atoms with van der Waals surface area (Å²) in [5.41, 5.74) is 1.82. The molecule has 0 saturated carbocycles. The first-order chi connectivity index (χ1) is 13.1. The molecular weight excluding hydrogens is 350 g/mol. The number of carbonyl (C=O) groups excluding carboxylic acids is 2. The van der Waals surface area contributed by atoms with Gasteiger partial charge in [-0.05, 0) is 26.0 Å². The molecular formula is C19H23N3O5. The Labute approximate surface area is 157 Å². The van der Waals surface area contributed by atoms with Gasteiger partial charge in [-0.25, -0.2) is 4.79 Å². The highest BCUT2D eigenvalue weighted by molar-refractivity contribution is 5.89. The van der Waals surface area contributed by atoms with E-state index in [4.69, 9.17) is 14.2 Å². The number of aromatic amines is 1. The van der Waals surface area contributed by atoms with E-state index in [1.54, 1.807) is 24.0 Å². The molecule has 0 bridgehead atoms. The summed E-state index contributed by atoms with van der Waals surface area (Å²) in [6, 6.07) is 7.24. The average Bonchev–Trinajstić information content (AvgIpc) is 3.11. The van der Waals surface area contributed by atoms with Crippen LogP contribution in [0.3, 0.4) is 0 Å². The lowest BCUT2D eigenvalue weighted by Gasteiger charge is -2.27. The minimum atomic E-state index is -0.480. The van der Waals surface area contributed by atoms with Gasteiger partial charge in [0, 0.05) is 24.2 Å². The van der Waals surface area contributed by atoms with Gasteiger partial charge in [-0.15, -0.1) is 0 Å². The topological polar surface area (TPSA) is 93.8 Å². The van der Waals surface area contributed by atoms with Crippen LogP contribution in [0.15, 0.2) is 24.3 Å². The number of benzene rings is 1. The minimum absolute atomic E-state index is 0.105. The third-order valence-corrected chi connectivity index (χ3v) is 4.26. The Hall–Kier alpha value is -3.03. The summed E-state index contributed by atoms with van der Waals surface area (Å²) in [6.07, 6.45) is 0.600. The van der Waals surface area contributed by atoms with Crippen LogP contribution in [-0.2, 0) is 22.5 Å². The molecule has 0 unspecified atom stereocenters. The van der Waals surface area contributed by atoms with Gasteiger partial charge in [-0.1, -0.05) is 12.1 Å². The summed E-state index contributed by atoms with van der Waals surface area (Å²) < 4.78 is 16.2. The normalized spacial score (nSPS) is 13.0. The van der Waals surface area contributed by atoms with Gasteiger partial charge in [0.1, 0.15) is 0 Å². The first-order valence-corrected chi connectivity index (χ1v) is 8.99. The van der Waals surface area contributed by atoms with Crippen LogP contribution in [-0.4, -0.2) is 53.3 Å². The maximum absolute atomic E-state index is 12.6. The monoisotopic (exact) mass is 373 g/mol. The molecule has 2 heterocycles. The molecule has 1 aromatic carbocycles. The number of hydrogen-bond acceptors (Lipinski definition) is 6. The first-order valence-electron chi connectivity index (χ1n) is 8.99. The van der Waals surface area contributed by atoms with Crippen LogP contribution in [0.2, 0.25) is 0 Å². The van der Waals surface area contributed by atoms with Gasteiger partial charge in [-0.3, -0.25) is 9.89 Å². The fraction of sp³-hybridized carbons (Fsp3) is 0.421. The Balaban J connectivity index is 1.64. The molecule has 0 saturated heterocycles. The SMILES string of the molecule is CCOC(=O)c1n[nH]c2c1CN(C(=O)COc1ccccc1OCC)CC2. The largest absolute Gasteiger partial charge is 0.490 e. The lowest BCUT2D eigenvalue weighted by molar-refractivity contribution is -0.134. The zero-order valence-electron chi connectivity index (χ0n) is 15.5. The predicted molar refractivity (Wildman–Crippen MR) is 96.8 cm³/mol. The zero-order chi connectivity index (χ0) is 19.2. The lowest BCUT2D eigenvalue weighted by Crippen LogP contribution is -2.39. The molecule has 1 aromatic heterocycles. The van der Waals surface area contributed by atoms with Crippen LogP contribution < -0.4 is 9.47 Å². The van der Waals surface area contributed by atoms with Crippen molar-refractivity contribution < 1.29 is 23.8 Å². The van der Waals surface area contributed by atoms with E-state index in [-0.39, 0.29) is 24.8 Å². The van der Waals surface area contributed by atoms with Gasteiger partial charge < -0.3 is 19.1 Å². The quantitative estimate of drug-likeness (QED) is 0.746. The van der Waals surface area contributed by atoms with Crippen LogP contribution in [0.1, 0.15) is 35.6 Å². The summed E-state index contributed by atoms with van der Waals surface area (Å²) in [4.78, 5) is 26.3. The number of para-hydroxylation sites is 2. The van der Waals surface area contributed by atoms with Crippen LogP contribution in [0.25, 0.3) is 0 Å². The molecule has 1 N–H and O–H groups in total. The number of nitrogens with zero attached hydrogens (tertiary/aromatic N) is 2. The van der Waals surface area contributed by atoms with E-state index in [1.165, 1.54) is 0 Å². The third-order valence-electron chi connectivity index (χ3n) is 4.26. The van der Waals surface area contributed by atoms with Crippen LogP contribution in [0.5, 0.6) is 11.5 Å². The Kier molecular flexibility index (Phi) is 5.95. The lowest BCUT2D eigenvalue weighted by atomic mass is 10.1. The number of amides is 1. The summed E-state index contributed by atoms with van der Waals surface area (Å²) in [7, 11) is 0. The highest BCUT2D eigenvalue weighted by atomic mass is 16.5. The minimum Gasteiger partial charge on any atom is -0.490 e. The van der Waals surface area contributed by atoms with Crippen LogP contribution >= 0.6 is 0 Å². The van der Waals surface area contributed by atoms with Crippen molar-refractivity contribution in [1.82, 2.24) is 15.1 Å². The molecule has 1 amide bonds. The molecule has 1 aliphatic heterocycles. The average molecular weight is 373 g/mol. The van der Waals surface area contributed by atoms with Gasteiger partial charge in [0.15, 0.2) is 23.8 Å². The van der Waals surface area contributed by atoms with Crippen LogP contribution in [0.4, 0.5) is 0 Å². The van der Waals surface area contributed by atoms with Crippen molar-refractivity contribution in [2.24, 2.45) is 0 Å². The van der Waals surface area contributed by atoms with E-state index in [0.717, 1.165) is 5.69 Å². The molecule has 0 atom stereocenters.